The zero-order valence-corrected chi connectivity index (χ0v) is 11.2. The standard InChI is InChI=1S/C13H17N3O4/c1-16(13(17)11-8-19-5-6-20-11)10-4-2-3-9(7-10)12(14)15-18/h2-4,7,11,18H,5-6,8H2,1H3,(H2,14,15). The van der Waals surface area contributed by atoms with E-state index in [4.69, 9.17) is 20.4 Å². The average molecular weight is 279 g/mol. The highest BCUT2D eigenvalue weighted by Gasteiger charge is 2.26. The number of carbonyl (C=O) groups is 1. The first kappa shape index (κ1) is 14.3. The molecule has 1 aromatic rings. The first-order valence-corrected chi connectivity index (χ1v) is 6.18. The van der Waals surface area contributed by atoms with Crippen LogP contribution in [0.4, 0.5) is 5.69 Å². The van der Waals surface area contributed by atoms with Crippen LogP contribution in [0, 0.1) is 0 Å². The van der Waals surface area contributed by atoms with Gasteiger partial charge in [0.25, 0.3) is 5.91 Å². The highest BCUT2D eigenvalue weighted by Crippen LogP contribution is 2.17. The predicted octanol–water partition coefficient (Wildman–Crippen LogP) is 0.159. The SMILES string of the molecule is CN(C(=O)C1COCCO1)c1cccc(C(N)=NO)c1. The van der Waals surface area contributed by atoms with Crippen LogP contribution in [0.15, 0.2) is 29.4 Å². The molecular weight excluding hydrogens is 262 g/mol. The lowest BCUT2D eigenvalue weighted by atomic mass is 10.1. The molecule has 20 heavy (non-hydrogen) atoms. The van der Waals surface area contributed by atoms with Crippen molar-refractivity contribution < 1.29 is 19.5 Å². The lowest BCUT2D eigenvalue weighted by molar-refractivity contribution is -0.144. The van der Waals surface area contributed by atoms with Gasteiger partial charge in [-0.3, -0.25) is 4.79 Å². The predicted molar refractivity (Wildman–Crippen MR) is 72.9 cm³/mol. The smallest absolute Gasteiger partial charge is 0.258 e. The van der Waals surface area contributed by atoms with E-state index in [-0.39, 0.29) is 18.3 Å². The average Bonchev–Trinajstić information content (AvgIpc) is 2.53. The third kappa shape index (κ3) is 3.06. The number of benzene rings is 1. The summed E-state index contributed by atoms with van der Waals surface area (Å²) in [6.45, 7) is 1.17. The number of likely N-dealkylation sites (N-methyl/N-ethyl adjacent to an activating group) is 1. The van der Waals surface area contributed by atoms with Crippen molar-refractivity contribution in [2.45, 2.75) is 6.10 Å². The molecule has 0 bridgehead atoms. The number of hydrogen-bond acceptors (Lipinski definition) is 5. The van der Waals surface area contributed by atoms with Gasteiger partial charge < -0.3 is 25.3 Å². The van der Waals surface area contributed by atoms with E-state index in [9.17, 15) is 4.79 Å². The second-order valence-electron chi connectivity index (χ2n) is 4.37. The fraction of sp³-hybridized carbons (Fsp3) is 0.385. The molecule has 0 aromatic heterocycles. The van der Waals surface area contributed by atoms with Crippen molar-refractivity contribution in [3.8, 4) is 0 Å². The molecule has 108 valence electrons. The maximum Gasteiger partial charge on any atom is 0.258 e. The Morgan fingerprint density at radius 3 is 2.95 bits per heavy atom. The molecule has 0 spiro atoms. The van der Waals surface area contributed by atoms with E-state index in [1.807, 2.05) is 0 Å². The van der Waals surface area contributed by atoms with Gasteiger partial charge in [0.2, 0.25) is 0 Å². The van der Waals surface area contributed by atoms with E-state index in [0.717, 1.165) is 0 Å². The van der Waals surface area contributed by atoms with Crippen LogP contribution in [0.2, 0.25) is 0 Å². The summed E-state index contributed by atoms with van der Waals surface area (Å²) in [7, 11) is 1.64. The quantitative estimate of drug-likeness (QED) is 0.355. The van der Waals surface area contributed by atoms with E-state index >= 15 is 0 Å². The van der Waals surface area contributed by atoms with Crippen LogP contribution >= 0.6 is 0 Å². The number of carbonyl (C=O) groups excluding carboxylic acids is 1. The number of oxime groups is 1. The summed E-state index contributed by atoms with van der Waals surface area (Å²) in [4.78, 5) is 13.7. The van der Waals surface area contributed by atoms with Crippen LogP contribution in [0.1, 0.15) is 5.56 Å². The van der Waals surface area contributed by atoms with Gasteiger partial charge in [0.1, 0.15) is 0 Å². The fourth-order valence-electron chi connectivity index (χ4n) is 1.91. The van der Waals surface area contributed by atoms with Crippen LogP contribution in [-0.4, -0.2) is 49.9 Å². The summed E-state index contributed by atoms with van der Waals surface area (Å²) in [5, 5.41) is 11.6. The molecule has 2 rings (SSSR count). The van der Waals surface area contributed by atoms with Crippen LogP contribution < -0.4 is 10.6 Å². The topological polar surface area (TPSA) is 97.4 Å². The summed E-state index contributed by atoms with van der Waals surface area (Å²) in [6, 6.07) is 6.84. The number of rotatable bonds is 3. The second kappa shape index (κ2) is 6.36. The van der Waals surface area contributed by atoms with E-state index in [2.05, 4.69) is 5.16 Å². The number of hydrogen-bond donors (Lipinski definition) is 2. The third-order valence-corrected chi connectivity index (χ3v) is 3.06. The molecule has 1 heterocycles. The Morgan fingerprint density at radius 2 is 2.30 bits per heavy atom. The molecule has 1 saturated heterocycles. The van der Waals surface area contributed by atoms with E-state index in [1.165, 1.54) is 4.90 Å². The van der Waals surface area contributed by atoms with Crippen molar-refractivity contribution in [3.05, 3.63) is 29.8 Å². The molecule has 7 heteroatoms. The van der Waals surface area contributed by atoms with Gasteiger partial charge in [0.15, 0.2) is 11.9 Å². The number of anilines is 1. The molecule has 0 saturated carbocycles. The molecule has 0 radical (unpaired) electrons. The zero-order valence-electron chi connectivity index (χ0n) is 11.2. The lowest BCUT2D eigenvalue weighted by Crippen LogP contribution is -2.43. The third-order valence-electron chi connectivity index (χ3n) is 3.06. The van der Waals surface area contributed by atoms with Gasteiger partial charge in [-0.1, -0.05) is 17.3 Å². The highest BCUT2D eigenvalue weighted by atomic mass is 16.6. The molecule has 1 aliphatic heterocycles. The summed E-state index contributed by atoms with van der Waals surface area (Å²) >= 11 is 0. The van der Waals surface area contributed by atoms with Crippen LogP contribution in [0.3, 0.4) is 0 Å². The molecule has 1 unspecified atom stereocenters. The van der Waals surface area contributed by atoms with Gasteiger partial charge in [-0.2, -0.15) is 0 Å². The van der Waals surface area contributed by atoms with Crippen molar-refractivity contribution in [1.82, 2.24) is 0 Å². The van der Waals surface area contributed by atoms with Gasteiger partial charge >= 0.3 is 0 Å². The molecule has 1 amide bonds. The lowest BCUT2D eigenvalue weighted by Gasteiger charge is -2.27. The minimum absolute atomic E-state index is 0.00931. The number of amidine groups is 1. The Kier molecular flexibility index (Phi) is 4.54. The maximum absolute atomic E-state index is 12.3. The van der Waals surface area contributed by atoms with Gasteiger partial charge in [0, 0.05) is 18.3 Å². The van der Waals surface area contributed by atoms with E-state index in [1.54, 1.807) is 31.3 Å². The Bertz CT molecular complexity index is 512. The molecule has 1 aliphatic rings. The summed E-state index contributed by atoms with van der Waals surface area (Å²) in [5.74, 6) is -0.202. The zero-order chi connectivity index (χ0) is 14.5. The van der Waals surface area contributed by atoms with Crippen molar-refractivity contribution in [1.29, 1.82) is 0 Å². The number of nitrogens with two attached hydrogens (primary N) is 1. The van der Waals surface area contributed by atoms with Crippen LogP contribution in [0.25, 0.3) is 0 Å². The van der Waals surface area contributed by atoms with Gasteiger partial charge in [-0.15, -0.1) is 0 Å². The van der Waals surface area contributed by atoms with Crippen molar-refractivity contribution in [3.63, 3.8) is 0 Å². The van der Waals surface area contributed by atoms with Crippen molar-refractivity contribution in [2.24, 2.45) is 10.9 Å². The minimum Gasteiger partial charge on any atom is -0.409 e. The summed E-state index contributed by atoms with van der Waals surface area (Å²) < 4.78 is 10.6. The first-order valence-electron chi connectivity index (χ1n) is 6.18. The number of amides is 1. The van der Waals surface area contributed by atoms with Crippen molar-refractivity contribution in [2.75, 3.05) is 31.8 Å². The Labute approximate surface area is 116 Å². The monoisotopic (exact) mass is 279 g/mol. The van der Waals surface area contributed by atoms with Crippen LogP contribution in [0.5, 0.6) is 0 Å². The van der Waals surface area contributed by atoms with E-state index < -0.39 is 6.10 Å². The first-order chi connectivity index (χ1) is 9.63. The molecule has 1 aromatic carbocycles. The summed E-state index contributed by atoms with van der Waals surface area (Å²) in [6.07, 6.45) is -0.596. The molecule has 1 fully saturated rings. The molecule has 3 N–H and O–H groups in total. The van der Waals surface area contributed by atoms with Gasteiger partial charge in [-0.05, 0) is 12.1 Å². The molecule has 1 atom stereocenters. The normalized spacial score (nSPS) is 19.6. The van der Waals surface area contributed by atoms with Crippen LogP contribution in [-0.2, 0) is 14.3 Å². The Hall–Kier alpha value is -2.12. The second-order valence-corrected chi connectivity index (χ2v) is 4.37. The summed E-state index contributed by atoms with van der Waals surface area (Å²) in [5.41, 5.74) is 6.70. The van der Waals surface area contributed by atoms with Gasteiger partial charge in [-0.25, -0.2) is 0 Å². The Morgan fingerprint density at radius 1 is 1.50 bits per heavy atom. The largest absolute Gasteiger partial charge is 0.409 e. The molecule has 0 aliphatic carbocycles. The number of ether oxygens (including phenoxy) is 2. The Balaban J connectivity index is 2.15. The fourth-order valence-corrected chi connectivity index (χ4v) is 1.91. The highest BCUT2D eigenvalue weighted by molar-refractivity contribution is 6.00. The molecular formula is C13H17N3O4. The molecule has 7 nitrogen and oxygen atoms in total. The van der Waals surface area contributed by atoms with Crippen molar-refractivity contribution >= 4 is 17.4 Å². The van der Waals surface area contributed by atoms with E-state index in [0.29, 0.717) is 24.5 Å². The van der Waals surface area contributed by atoms with Gasteiger partial charge in [0.05, 0.1) is 19.8 Å². The number of nitrogens with zero attached hydrogens (tertiary/aromatic N) is 2. The maximum atomic E-state index is 12.3. The minimum atomic E-state index is -0.596.